The number of aliphatic hydroxyl groups is 1. The van der Waals surface area contributed by atoms with Gasteiger partial charge in [-0.15, -0.1) is 0 Å². The molecule has 0 fully saturated rings. The molecule has 0 radical (unpaired) electrons. The summed E-state index contributed by atoms with van der Waals surface area (Å²) in [5.41, 5.74) is 0.542. The Labute approximate surface area is 93.6 Å². The summed E-state index contributed by atoms with van der Waals surface area (Å²) in [5.74, 6) is 0.456. The quantitative estimate of drug-likeness (QED) is 0.861. The van der Waals surface area contributed by atoms with Crippen molar-refractivity contribution >= 4 is 17.4 Å². The van der Waals surface area contributed by atoms with Gasteiger partial charge in [0.2, 0.25) is 0 Å². The monoisotopic (exact) mass is 228 g/mol. The number of ether oxygens (including phenoxy) is 1. The lowest BCUT2D eigenvalue weighted by molar-refractivity contribution is -0.118. The van der Waals surface area contributed by atoms with Gasteiger partial charge < -0.3 is 9.84 Å². The topological polar surface area (TPSA) is 46.5 Å². The third-order valence-electron chi connectivity index (χ3n) is 2.03. The number of hydrogen-bond donors (Lipinski definition) is 1. The van der Waals surface area contributed by atoms with Crippen LogP contribution in [0.3, 0.4) is 0 Å². The molecule has 0 aromatic heterocycles. The summed E-state index contributed by atoms with van der Waals surface area (Å²) in [4.78, 5) is 10.9. The molecule has 0 bridgehead atoms. The number of halogens is 1. The van der Waals surface area contributed by atoms with E-state index in [1.54, 1.807) is 18.2 Å². The molecule has 1 unspecified atom stereocenters. The van der Waals surface area contributed by atoms with E-state index in [-0.39, 0.29) is 12.2 Å². The predicted molar refractivity (Wildman–Crippen MR) is 58.3 cm³/mol. The molecule has 15 heavy (non-hydrogen) atoms. The van der Waals surface area contributed by atoms with Crippen LogP contribution in [-0.2, 0) is 4.79 Å². The smallest absolute Gasteiger partial charge is 0.132 e. The summed E-state index contributed by atoms with van der Waals surface area (Å²) >= 11 is 5.80. The first-order chi connectivity index (χ1) is 7.04. The zero-order valence-corrected chi connectivity index (χ0v) is 9.41. The molecule has 0 aliphatic rings. The van der Waals surface area contributed by atoms with Crippen LogP contribution in [0.25, 0.3) is 0 Å². The zero-order valence-electron chi connectivity index (χ0n) is 8.66. The zero-order chi connectivity index (χ0) is 11.4. The molecule has 3 nitrogen and oxygen atoms in total. The van der Waals surface area contributed by atoms with E-state index >= 15 is 0 Å². The van der Waals surface area contributed by atoms with Crippen LogP contribution in [0.15, 0.2) is 18.2 Å². The number of Topliss-reactive ketones (excluding diaryl/α,β-unsaturated/α-hetero) is 1. The van der Waals surface area contributed by atoms with Crippen molar-refractivity contribution in [2.45, 2.75) is 19.4 Å². The first-order valence-corrected chi connectivity index (χ1v) is 4.93. The normalized spacial score (nSPS) is 12.3. The number of benzene rings is 1. The van der Waals surface area contributed by atoms with Crippen LogP contribution in [0.5, 0.6) is 5.75 Å². The van der Waals surface area contributed by atoms with Crippen LogP contribution in [0.4, 0.5) is 0 Å². The first-order valence-electron chi connectivity index (χ1n) is 4.55. The van der Waals surface area contributed by atoms with Crippen molar-refractivity contribution in [2.24, 2.45) is 0 Å². The van der Waals surface area contributed by atoms with Gasteiger partial charge in [0.15, 0.2) is 0 Å². The minimum absolute atomic E-state index is 0.0662. The largest absolute Gasteiger partial charge is 0.496 e. The average molecular weight is 229 g/mol. The second-order valence-corrected chi connectivity index (χ2v) is 3.74. The number of carbonyl (C=O) groups is 1. The molecule has 1 aromatic rings. The number of ketones is 1. The molecule has 0 aliphatic heterocycles. The van der Waals surface area contributed by atoms with Gasteiger partial charge in [0.05, 0.1) is 13.2 Å². The maximum atomic E-state index is 10.9. The Morgan fingerprint density at radius 3 is 2.80 bits per heavy atom. The highest BCUT2D eigenvalue weighted by Crippen LogP contribution is 2.29. The highest BCUT2D eigenvalue weighted by atomic mass is 35.5. The number of methoxy groups -OCH3 is 1. The minimum atomic E-state index is -0.865. The molecular formula is C11H13ClO3. The van der Waals surface area contributed by atoms with E-state index in [1.807, 2.05) is 0 Å². The maximum Gasteiger partial charge on any atom is 0.132 e. The number of carbonyl (C=O) groups excluding carboxylic acids is 1. The Hall–Kier alpha value is -1.06. The van der Waals surface area contributed by atoms with Crippen LogP contribution in [0.1, 0.15) is 25.0 Å². The number of rotatable bonds is 4. The van der Waals surface area contributed by atoms with Crippen molar-refractivity contribution in [3.8, 4) is 5.75 Å². The summed E-state index contributed by atoms with van der Waals surface area (Å²) in [5, 5.41) is 10.3. The Kier molecular flexibility index (Phi) is 4.12. The number of aliphatic hydroxyl groups excluding tert-OH is 1. The van der Waals surface area contributed by atoms with Crippen molar-refractivity contribution in [1.29, 1.82) is 0 Å². The SMILES string of the molecule is COc1ccc(Cl)cc1C(O)CC(C)=O. The fraction of sp³-hybridized carbons (Fsp3) is 0.364. The molecule has 1 aromatic carbocycles. The van der Waals surface area contributed by atoms with Gasteiger partial charge in [-0.25, -0.2) is 0 Å². The molecule has 1 atom stereocenters. The fourth-order valence-corrected chi connectivity index (χ4v) is 1.53. The van der Waals surface area contributed by atoms with E-state index in [0.29, 0.717) is 16.3 Å². The van der Waals surface area contributed by atoms with Gasteiger partial charge in [0.25, 0.3) is 0 Å². The molecule has 1 rings (SSSR count). The van der Waals surface area contributed by atoms with Crippen LogP contribution in [0, 0.1) is 0 Å². The molecule has 0 saturated carbocycles. The van der Waals surface area contributed by atoms with E-state index in [9.17, 15) is 9.90 Å². The molecule has 0 aliphatic carbocycles. The van der Waals surface area contributed by atoms with E-state index in [1.165, 1.54) is 14.0 Å². The van der Waals surface area contributed by atoms with Crippen molar-refractivity contribution < 1.29 is 14.6 Å². The standard InChI is InChI=1S/C11H13ClO3/c1-7(13)5-10(14)9-6-8(12)3-4-11(9)15-2/h3-4,6,10,14H,5H2,1-2H3. The lowest BCUT2D eigenvalue weighted by atomic mass is 10.0. The Bertz CT molecular complexity index is 363. The highest BCUT2D eigenvalue weighted by Gasteiger charge is 2.15. The molecule has 0 heterocycles. The molecular weight excluding hydrogens is 216 g/mol. The van der Waals surface area contributed by atoms with Gasteiger partial charge in [0, 0.05) is 17.0 Å². The molecule has 0 saturated heterocycles. The fourth-order valence-electron chi connectivity index (χ4n) is 1.35. The van der Waals surface area contributed by atoms with Crippen LogP contribution in [-0.4, -0.2) is 18.0 Å². The average Bonchev–Trinajstić information content (AvgIpc) is 2.16. The van der Waals surface area contributed by atoms with E-state index in [4.69, 9.17) is 16.3 Å². The lowest BCUT2D eigenvalue weighted by Crippen LogP contribution is -2.05. The molecule has 82 valence electrons. The van der Waals surface area contributed by atoms with E-state index < -0.39 is 6.10 Å². The van der Waals surface area contributed by atoms with Gasteiger partial charge in [-0.2, -0.15) is 0 Å². The van der Waals surface area contributed by atoms with E-state index in [0.717, 1.165) is 0 Å². The molecule has 0 spiro atoms. The summed E-state index contributed by atoms with van der Waals surface area (Å²) in [6.45, 7) is 1.43. The second-order valence-electron chi connectivity index (χ2n) is 3.31. The minimum Gasteiger partial charge on any atom is -0.496 e. The van der Waals surface area contributed by atoms with E-state index in [2.05, 4.69) is 0 Å². The molecule has 4 heteroatoms. The Morgan fingerprint density at radius 2 is 2.27 bits per heavy atom. The maximum absolute atomic E-state index is 10.9. The van der Waals surface area contributed by atoms with Gasteiger partial charge in [0.1, 0.15) is 11.5 Å². The van der Waals surface area contributed by atoms with Gasteiger partial charge >= 0.3 is 0 Å². The van der Waals surface area contributed by atoms with Crippen LogP contribution >= 0.6 is 11.6 Å². The summed E-state index contributed by atoms with van der Waals surface area (Å²) in [6, 6.07) is 4.94. The summed E-state index contributed by atoms with van der Waals surface area (Å²) in [7, 11) is 1.51. The second kappa shape index (κ2) is 5.14. The van der Waals surface area contributed by atoms with Crippen molar-refractivity contribution in [2.75, 3.05) is 7.11 Å². The third kappa shape index (κ3) is 3.22. The molecule has 1 N–H and O–H groups in total. The number of hydrogen-bond acceptors (Lipinski definition) is 3. The van der Waals surface area contributed by atoms with Gasteiger partial charge in [-0.3, -0.25) is 4.79 Å². The van der Waals surface area contributed by atoms with Crippen molar-refractivity contribution in [3.63, 3.8) is 0 Å². The van der Waals surface area contributed by atoms with Gasteiger partial charge in [-0.05, 0) is 25.1 Å². The van der Waals surface area contributed by atoms with Crippen molar-refractivity contribution in [1.82, 2.24) is 0 Å². The predicted octanol–water partition coefficient (Wildman–Crippen LogP) is 2.36. The Morgan fingerprint density at radius 1 is 1.60 bits per heavy atom. The van der Waals surface area contributed by atoms with Crippen LogP contribution < -0.4 is 4.74 Å². The van der Waals surface area contributed by atoms with Gasteiger partial charge in [-0.1, -0.05) is 11.6 Å². The molecule has 0 amide bonds. The lowest BCUT2D eigenvalue weighted by Gasteiger charge is -2.13. The van der Waals surface area contributed by atoms with Crippen molar-refractivity contribution in [3.05, 3.63) is 28.8 Å². The first kappa shape index (κ1) is 12.0. The third-order valence-corrected chi connectivity index (χ3v) is 2.27. The highest BCUT2D eigenvalue weighted by molar-refractivity contribution is 6.30. The summed E-state index contributed by atoms with van der Waals surface area (Å²) < 4.78 is 5.07. The van der Waals surface area contributed by atoms with Crippen LogP contribution in [0.2, 0.25) is 5.02 Å². The Balaban J connectivity index is 2.99. The summed E-state index contributed by atoms with van der Waals surface area (Å²) in [6.07, 6.45) is -0.799.